The van der Waals surface area contributed by atoms with Gasteiger partial charge in [-0.05, 0) is 12.3 Å². The largest absolute Gasteiger partial charge is 0.327 e. The molecule has 1 heteroatoms. The lowest BCUT2D eigenvalue weighted by Crippen LogP contribution is -2.27. The Balaban J connectivity index is 3.16. The van der Waals surface area contributed by atoms with E-state index in [-0.39, 0.29) is 0 Å². The first-order chi connectivity index (χ1) is 7.22. The van der Waals surface area contributed by atoms with Crippen LogP contribution in [0.4, 0.5) is 0 Å². The van der Waals surface area contributed by atoms with Crippen molar-refractivity contribution in [3.8, 4) is 0 Å². The molecule has 92 valence electrons. The number of nitrogens with two attached hydrogens (primary N) is 1. The van der Waals surface area contributed by atoms with E-state index in [1.165, 1.54) is 57.8 Å². The highest BCUT2D eigenvalue weighted by Crippen LogP contribution is 2.14. The molecule has 1 nitrogen and oxygen atoms in total. The van der Waals surface area contributed by atoms with Gasteiger partial charge in [0.1, 0.15) is 0 Å². The Kier molecular flexibility index (Phi) is 10.4. The van der Waals surface area contributed by atoms with Crippen molar-refractivity contribution in [3.63, 3.8) is 0 Å². The van der Waals surface area contributed by atoms with E-state index in [0.29, 0.717) is 12.0 Å². The topological polar surface area (TPSA) is 26.0 Å². The van der Waals surface area contributed by atoms with Crippen molar-refractivity contribution in [2.24, 2.45) is 11.7 Å². The summed E-state index contributed by atoms with van der Waals surface area (Å²) in [4.78, 5) is 0. The van der Waals surface area contributed by atoms with Crippen molar-refractivity contribution in [3.05, 3.63) is 0 Å². The van der Waals surface area contributed by atoms with Crippen LogP contribution in [0, 0.1) is 5.92 Å². The van der Waals surface area contributed by atoms with Crippen LogP contribution in [0.15, 0.2) is 0 Å². The van der Waals surface area contributed by atoms with Crippen molar-refractivity contribution in [2.45, 2.75) is 84.6 Å². The van der Waals surface area contributed by atoms with E-state index >= 15 is 0 Å². The summed E-state index contributed by atoms with van der Waals surface area (Å²) < 4.78 is 0. The summed E-state index contributed by atoms with van der Waals surface area (Å²) in [5.74, 6) is 0.699. The maximum Gasteiger partial charge on any atom is 0.00644 e. The second kappa shape index (κ2) is 10.5. The molecule has 0 saturated carbocycles. The monoisotopic (exact) mass is 213 g/mol. The molecule has 15 heavy (non-hydrogen) atoms. The summed E-state index contributed by atoms with van der Waals surface area (Å²) in [6.45, 7) is 6.77. The molecule has 2 atom stereocenters. The van der Waals surface area contributed by atoms with E-state index in [4.69, 9.17) is 5.73 Å². The third-order valence-corrected chi connectivity index (χ3v) is 3.52. The average Bonchev–Trinajstić information content (AvgIpc) is 2.26. The first-order valence-electron chi connectivity index (χ1n) is 6.97. The van der Waals surface area contributed by atoms with Crippen LogP contribution in [0.2, 0.25) is 0 Å². The second-order valence-electron chi connectivity index (χ2n) is 4.96. The van der Waals surface area contributed by atoms with Crippen molar-refractivity contribution in [1.29, 1.82) is 0 Å². The van der Waals surface area contributed by atoms with Crippen LogP contribution in [0.1, 0.15) is 78.6 Å². The lowest BCUT2D eigenvalue weighted by atomic mass is 9.95. The van der Waals surface area contributed by atoms with Crippen LogP contribution in [0.3, 0.4) is 0 Å². The lowest BCUT2D eigenvalue weighted by molar-refractivity contribution is 0.403. The smallest absolute Gasteiger partial charge is 0.00644 e. The van der Waals surface area contributed by atoms with Gasteiger partial charge in [0.25, 0.3) is 0 Å². The molecule has 0 aromatic rings. The van der Waals surface area contributed by atoms with Crippen LogP contribution in [0.5, 0.6) is 0 Å². The van der Waals surface area contributed by atoms with Crippen LogP contribution in [-0.4, -0.2) is 6.04 Å². The van der Waals surface area contributed by atoms with Crippen LogP contribution in [-0.2, 0) is 0 Å². The van der Waals surface area contributed by atoms with E-state index in [1.807, 2.05) is 0 Å². The van der Waals surface area contributed by atoms with Crippen LogP contribution < -0.4 is 5.73 Å². The molecule has 0 fully saturated rings. The number of unbranched alkanes of at least 4 members (excludes halogenated alkanes) is 6. The zero-order valence-corrected chi connectivity index (χ0v) is 11.1. The third kappa shape index (κ3) is 8.92. The fourth-order valence-electron chi connectivity index (χ4n) is 1.92. The van der Waals surface area contributed by atoms with Gasteiger partial charge in [-0.25, -0.2) is 0 Å². The highest BCUT2D eigenvalue weighted by Gasteiger charge is 2.09. The van der Waals surface area contributed by atoms with E-state index in [2.05, 4.69) is 20.8 Å². The molecule has 0 aliphatic rings. The minimum absolute atomic E-state index is 0.436. The Labute approximate surface area is 96.8 Å². The van der Waals surface area contributed by atoms with Crippen LogP contribution >= 0.6 is 0 Å². The molecule has 0 aromatic carbocycles. The fraction of sp³-hybridized carbons (Fsp3) is 1.00. The molecule has 0 saturated heterocycles. The van der Waals surface area contributed by atoms with E-state index < -0.39 is 0 Å². The van der Waals surface area contributed by atoms with E-state index in [9.17, 15) is 0 Å². The quantitative estimate of drug-likeness (QED) is 0.531. The molecular formula is C14H31N. The SMILES string of the molecule is CCCCCCCCCC(N)C(C)CC. The van der Waals surface area contributed by atoms with Gasteiger partial charge in [0.15, 0.2) is 0 Å². The van der Waals surface area contributed by atoms with E-state index in [0.717, 1.165) is 0 Å². The van der Waals surface area contributed by atoms with Crippen LogP contribution in [0.25, 0.3) is 0 Å². The van der Waals surface area contributed by atoms with Gasteiger partial charge in [-0.1, -0.05) is 72.1 Å². The Bertz CT molecular complexity index is 123. The standard InChI is InChI=1S/C14H31N/c1-4-6-7-8-9-10-11-12-14(15)13(3)5-2/h13-14H,4-12,15H2,1-3H3. The molecular weight excluding hydrogens is 182 g/mol. The minimum Gasteiger partial charge on any atom is -0.327 e. The summed E-state index contributed by atoms with van der Waals surface area (Å²) in [6, 6.07) is 0.436. The van der Waals surface area contributed by atoms with Crippen molar-refractivity contribution in [1.82, 2.24) is 0 Å². The first kappa shape index (κ1) is 15.0. The summed E-state index contributed by atoms with van der Waals surface area (Å²) in [6.07, 6.45) is 12.2. The first-order valence-corrected chi connectivity index (χ1v) is 6.97. The predicted octanol–water partition coefficient (Wildman–Crippen LogP) is 4.50. The summed E-state index contributed by atoms with van der Waals surface area (Å²) >= 11 is 0. The number of hydrogen-bond acceptors (Lipinski definition) is 1. The summed E-state index contributed by atoms with van der Waals surface area (Å²) in [5.41, 5.74) is 6.09. The average molecular weight is 213 g/mol. The van der Waals surface area contributed by atoms with Gasteiger partial charge in [-0.3, -0.25) is 0 Å². The molecule has 0 rings (SSSR count). The minimum atomic E-state index is 0.436. The third-order valence-electron chi connectivity index (χ3n) is 3.52. The Morgan fingerprint density at radius 1 is 0.867 bits per heavy atom. The summed E-state index contributed by atoms with van der Waals surface area (Å²) in [7, 11) is 0. The molecule has 0 aliphatic heterocycles. The van der Waals surface area contributed by atoms with E-state index in [1.54, 1.807) is 0 Å². The Morgan fingerprint density at radius 3 is 1.93 bits per heavy atom. The van der Waals surface area contributed by atoms with Gasteiger partial charge in [0, 0.05) is 6.04 Å². The molecule has 0 spiro atoms. The second-order valence-corrected chi connectivity index (χ2v) is 4.96. The zero-order chi connectivity index (χ0) is 11.5. The normalized spacial score (nSPS) is 15.2. The number of rotatable bonds is 10. The highest BCUT2D eigenvalue weighted by atomic mass is 14.6. The van der Waals surface area contributed by atoms with Gasteiger partial charge < -0.3 is 5.73 Å². The Hall–Kier alpha value is -0.0400. The molecule has 0 radical (unpaired) electrons. The van der Waals surface area contributed by atoms with Gasteiger partial charge in [-0.15, -0.1) is 0 Å². The van der Waals surface area contributed by atoms with Gasteiger partial charge in [0.05, 0.1) is 0 Å². The van der Waals surface area contributed by atoms with Crippen molar-refractivity contribution < 1.29 is 0 Å². The summed E-state index contributed by atoms with van der Waals surface area (Å²) in [5, 5.41) is 0. The maximum absolute atomic E-state index is 6.09. The zero-order valence-electron chi connectivity index (χ0n) is 11.1. The van der Waals surface area contributed by atoms with Crippen molar-refractivity contribution in [2.75, 3.05) is 0 Å². The van der Waals surface area contributed by atoms with Gasteiger partial charge >= 0.3 is 0 Å². The number of hydrogen-bond donors (Lipinski definition) is 1. The van der Waals surface area contributed by atoms with Gasteiger partial charge in [-0.2, -0.15) is 0 Å². The molecule has 0 heterocycles. The maximum atomic E-state index is 6.09. The highest BCUT2D eigenvalue weighted by molar-refractivity contribution is 4.67. The lowest BCUT2D eigenvalue weighted by Gasteiger charge is -2.17. The fourth-order valence-corrected chi connectivity index (χ4v) is 1.92. The molecule has 0 aromatic heterocycles. The van der Waals surface area contributed by atoms with Crippen molar-refractivity contribution >= 4 is 0 Å². The van der Waals surface area contributed by atoms with Gasteiger partial charge in [0.2, 0.25) is 0 Å². The molecule has 2 N–H and O–H groups in total. The molecule has 0 aliphatic carbocycles. The Morgan fingerprint density at radius 2 is 1.40 bits per heavy atom. The molecule has 2 unspecified atom stereocenters. The molecule has 0 bridgehead atoms. The molecule has 0 amide bonds. The predicted molar refractivity (Wildman–Crippen MR) is 70.0 cm³/mol.